The Morgan fingerprint density at radius 1 is 1.15 bits per heavy atom. The molecule has 3 nitrogen and oxygen atoms in total. The van der Waals surface area contributed by atoms with Crippen molar-refractivity contribution in [3.05, 3.63) is 0 Å². The quantitative estimate of drug-likeness (QED) is 0.728. The van der Waals surface area contributed by atoms with Gasteiger partial charge in [0.15, 0.2) is 0 Å². The Hall–Kier alpha value is 0.0700. The highest BCUT2D eigenvalue weighted by atomic mass is 35.5. The normalized spacial score (nSPS) is 25.4. The number of piperidine rings is 1. The second-order valence-corrected chi connectivity index (χ2v) is 7.35. The first-order valence-electron chi connectivity index (χ1n) is 7.97. The van der Waals surface area contributed by atoms with Gasteiger partial charge in [-0.2, -0.15) is 11.8 Å². The van der Waals surface area contributed by atoms with E-state index >= 15 is 0 Å². The van der Waals surface area contributed by atoms with Crippen molar-refractivity contribution in [2.24, 2.45) is 0 Å². The van der Waals surface area contributed by atoms with Crippen molar-refractivity contribution in [2.75, 3.05) is 43.6 Å². The van der Waals surface area contributed by atoms with Gasteiger partial charge in [-0.3, -0.25) is 4.79 Å². The van der Waals surface area contributed by atoms with E-state index in [2.05, 4.69) is 9.80 Å². The first-order valence-corrected chi connectivity index (χ1v) is 9.65. The molecule has 0 bridgehead atoms. The van der Waals surface area contributed by atoms with Gasteiger partial charge in [-0.1, -0.05) is 6.42 Å². The van der Waals surface area contributed by atoms with Gasteiger partial charge in [-0.05, 0) is 44.5 Å². The van der Waals surface area contributed by atoms with Crippen molar-refractivity contribution in [3.8, 4) is 0 Å². The molecule has 0 aliphatic carbocycles. The summed E-state index contributed by atoms with van der Waals surface area (Å²) in [6.45, 7) is 4.43. The summed E-state index contributed by atoms with van der Waals surface area (Å²) in [5, 5.41) is 0. The molecule has 1 amide bonds. The Bertz CT molecular complexity index is 298. The number of nitrogens with zero attached hydrogens (tertiary/aromatic N) is 2. The molecule has 0 N–H and O–H groups in total. The van der Waals surface area contributed by atoms with E-state index in [1.54, 1.807) is 0 Å². The van der Waals surface area contributed by atoms with E-state index in [1.165, 1.54) is 38.1 Å². The molecule has 2 rings (SSSR count). The van der Waals surface area contributed by atoms with Crippen LogP contribution in [0.3, 0.4) is 0 Å². The van der Waals surface area contributed by atoms with E-state index in [-0.39, 0.29) is 0 Å². The zero-order chi connectivity index (χ0) is 14.2. The minimum absolute atomic E-state index is 0.315. The number of alkyl halides is 1. The van der Waals surface area contributed by atoms with Crippen LogP contribution in [0.15, 0.2) is 0 Å². The van der Waals surface area contributed by atoms with Crippen molar-refractivity contribution in [1.29, 1.82) is 0 Å². The summed E-state index contributed by atoms with van der Waals surface area (Å²) in [6.07, 6.45) is 6.56. The van der Waals surface area contributed by atoms with E-state index in [1.807, 2.05) is 11.8 Å². The molecule has 116 valence electrons. The number of carbonyl (C=O) groups is 1. The van der Waals surface area contributed by atoms with E-state index in [9.17, 15) is 4.79 Å². The molecule has 0 aromatic rings. The summed E-state index contributed by atoms with van der Waals surface area (Å²) < 4.78 is 0. The molecule has 0 spiro atoms. The minimum atomic E-state index is 0.315. The maximum atomic E-state index is 12.4. The van der Waals surface area contributed by atoms with Crippen LogP contribution in [-0.2, 0) is 4.79 Å². The molecule has 0 aromatic heterocycles. The van der Waals surface area contributed by atoms with E-state index in [0.717, 1.165) is 31.7 Å². The van der Waals surface area contributed by atoms with Crippen LogP contribution < -0.4 is 0 Å². The summed E-state index contributed by atoms with van der Waals surface area (Å²) in [4.78, 5) is 17.1. The number of amides is 1. The number of likely N-dealkylation sites (tertiary alicyclic amines) is 1. The molecule has 2 heterocycles. The third-order valence-electron chi connectivity index (χ3n) is 4.20. The fraction of sp³-hybridized carbons (Fsp3) is 0.933. The highest BCUT2D eigenvalue weighted by molar-refractivity contribution is 7.99. The molecule has 0 saturated carbocycles. The van der Waals surface area contributed by atoms with Gasteiger partial charge >= 0.3 is 0 Å². The zero-order valence-corrected chi connectivity index (χ0v) is 13.9. The lowest BCUT2D eigenvalue weighted by Crippen LogP contribution is -2.49. The first-order chi connectivity index (χ1) is 9.81. The van der Waals surface area contributed by atoms with E-state index < -0.39 is 0 Å². The van der Waals surface area contributed by atoms with Crippen molar-refractivity contribution >= 4 is 29.3 Å². The Balaban J connectivity index is 1.91. The van der Waals surface area contributed by atoms with Crippen LogP contribution >= 0.6 is 23.4 Å². The number of carbonyl (C=O) groups excluding carboxylic acids is 1. The van der Waals surface area contributed by atoms with Crippen LogP contribution in [0.25, 0.3) is 0 Å². The van der Waals surface area contributed by atoms with Crippen molar-refractivity contribution in [3.63, 3.8) is 0 Å². The van der Waals surface area contributed by atoms with Crippen LogP contribution in [-0.4, -0.2) is 65.3 Å². The van der Waals surface area contributed by atoms with Crippen LogP contribution in [0, 0.1) is 0 Å². The Labute approximate surface area is 132 Å². The Kier molecular flexibility index (Phi) is 7.53. The lowest BCUT2D eigenvalue weighted by Gasteiger charge is -2.35. The highest BCUT2D eigenvalue weighted by Crippen LogP contribution is 2.20. The smallest absolute Gasteiger partial charge is 0.222 e. The molecule has 0 radical (unpaired) electrons. The van der Waals surface area contributed by atoms with Gasteiger partial charge in [0.1, 0.15) is 0 Å². The molecule has 2 aliphatic rings. The SMILES string of the molecule is O=C(CCCCl)N1CCCSCC1CN1CCCCC1. The maximum absolute atomic E-state index is 12.4. The lowest BCUT2D eigenvalue weighted by atomic mass is 10.1. The monoisotopic (exact) mass is 318 g/mol. The third kappa shape index (κ3) is 5.12. The standard InChI is InChI=1S/C15H27ClN2OS/c16-7-4-6-15(19)18-10-5-11-20-13-14(18)12-17-8-2-1-3-9-17/h14H,1-13H2. The van der Waals surface area contributed by atoms with Crippen molar-refractivity contribution in [1.82, 2.24) is 9.80 Å². The molecule has 1 unspecified atom stereocenters. The van der Waals surface area contributed by atoms with E-state index in [4.69, 9.17) is 11.6 Å². The highest BCUT2D eigenvalue weighted by Gasteiger charge is 2.27. The van der Waals surface area contributed by atoms with Crippen LogP contribution in [0.1, 0.15) is 38.5 Å². The zero-order valence-electron chi connectivity index (χ0n) is 12.4. The fourth-order valence-electron chi connectivity index (χ4n) is 3.11. The summed E-state index contributed by atoms with van der Waals surface area (Å²) in [6, 6.07) is 0.406. The van der Waals surface area contributed by atoms with Crippen LogP contribution in [0.5, 0.6) is 0 Å². The van der Waals surface area contributed by atoms with Gasteiger partial charge in [0.05, 0.1) is 6.04 Å². The molecule has 2 fully saturated rings. The van der Waals surface area contributed by atoms with Crippen LogP contribution in [0.4, 0.5) is 0 Å². The van der Waals surface area contributed by atoms with Gasteiger partial charge in [0.2, 0.25) is 5.91 Å². The molecule has 2 saturated heterocycles. The summed E-state index contributed by atoms with van der Waals surface area (Å²) >= 11 is 7.74. The summed E-state index contributed by atoms with van der Waals surface area (Å²) in [5.41, 5.74) is 0. The maximum Gasteiger partial charge on any atom is 0.222 e. The van der Waals surface area contributed by atoms with Crippen LogP contribution in [0.2, 0.25) is 0 Å². The Morgan fingerprint density at radius 3 is 2.70 bits per heavy atom. The number of hydrogen-bond donors (Lipinski definition) is 0. The average molecular weight is 319 g/mol. The summed E-state index contributed by atoms with van der Waals surface area (Å²) in [7, 11) is 0. The average Bonchev–Trinajstić information content (AvgIpc) is 2.71. The second-order valence-electron chi connectivity index (χ2n) is 5.82. The molecular weight excluding hydrogens is 292 g/mol. The third-order valence-corrected chi connectivity index (χ3v) is 5.67. The molecule has 2 aliphatic heterocycles. The minimum Gasteiger partial charge on any atom is -0.338 e. The largest absolute Gasteiger partial charge is 0.338 e. The van der Waals surface area contributed by atoms with Gasteiger partial charge in [-0.25, -0.2) is 0 Å². The topological polar surface area (TPSA) is 23.6 Å². The van der Waals surface area contributed by atoms with Crippen molar-refractivity contribution in [2.45, 2.75) is 44.6 Å². The predicted molar refractivity (Wildman–Crippen MR) is 87.7 cm³/mol. The molecular formula is C15H27ClN2OS. The molecule has 1 atom stereocenters. The Morgan fingerprint density at radius 2 is 1.95 bits per heavy atom. The van der Waals surface area contributed by atoms with E-state index in [0.29, 0.717) is 24.2 Å². The van der Waals surface area contributed by atoms with Gasteiger partial charge < -0.3 is 9.80 Å². The van der Waals surface area contributed by atoms with Crippen molar-refractivity contribution < 1.29 is 4.79 Å². The lowest BCUT2D eigenvalue weighted by molar-refractivity contribution is -0.133. The molecule has 0 aromatic carbocycles. The second kappa shape index (κ2) is 9.16. The molecule has 5 heteroatoms. The number of rotatable bonds is 5. The predicted octanol–water partition coefficient (Wildman–Crippen LogP) is 2.83. The number of halogens is 1. The van der Waals surface area contributed by atoms with Gasteiger partial charge in [0, 0.05) is 31.1 Å². The fourth-order valence-corrected chi connectivity index (χ4v) is 4.30. The molecule has 20 heavy (non-hydrogen) atoms. The summed E-state index contributed by atoms with van der Waals surface area (Å²) in [5.74, 6) is 3.19. The number of thioether (sulfide) groups is 1. The number of hydrogen-bond acceptors (Lipinski definition) is 3. The van der Waals surface area contributed by atoms with Gasteiger partial charge in [-0.15, -0.1) is 11.6 Å². The van der Waals surface area contributed by atoms with Gasteiger partial charge in [0.25, 0.3) is 0 Å². The first kappa shape index (κ1) is 16.4.